The van der Waals surface area contributed by atoms with Gasteiger partial charge in [-0.1, -0.05) is 24.3 Å². The van der Waals surface area contributed by atoms with Gasteiger partial charge in [-0.3, -0.25) is 9.10 Å². The molecule has 1 amide bonds. The molecule has 0 aliphatic carbocycles. The number of nitrogens with one attached hydrogen (secondary N) is 1. The van der Waals surface area contributed by atoms with Crippen LogP contribution in [0.25, 0.3) is 0 Å². The van der Waals surface area contributed by atoms with Crippen LogP contribution in [0.1, 0.15) is 23.7 Å². The van der Waals surface area contributed by atoms with E-state index in [1.54, 1.807) is 55.5 Å². The lowest BCUT2D eigenvalue weighted by Gasteiger charge is -2.25. The molecular formula is C30H27FN2O6S. The van der Waals surface area contributed by atoms with E-state index in [2.05, 4.69) is 5.32 Å². The molecule has 0 fully saturated rings. The molecule has 8 nitrogen and oxygen atoms in total. The van der Waals surface area contributed by atoms with Crippen LogP contribution in [-0.2, 0) is 19.6 Å². The molecule has 40 heavy (non-hydrogen) atoms. The van der Waals surface area contributed by atoms with Gasteiger partial charge in [-0.2, -0.15) is 0 Å². The smallest absolute Gasteiger partial charge is 0.338 e. The fraction of sp³-hybridized carbons (Fsp3) is 0.133. The summed E-state index contributed by atoms with van der Waals surface area (Å²) in [7, 11) is -4.17. The van der Waals surface area contributed by atoms with Crippen molar-refractivity contribution in [1.82, 2.24) is 0 Å². The van der Waals surface area contributed by atoms with E-state index < -0.39 is 27.7 Å². The number of esters is 1. The Morgan fingerprint density at radius 3 is 2.20 bits per heavy atom. The summed E-state index contributed by atoms with van der Waals surface area (Å²) in [6, 6.07) is 26.1. The maximum Gasteiger partial charge on any atom is 0.338 e. The van der Waals surface area contributed by atoms with Crippen LogP contribution in [0, 0.1) is 5.82 Å². The van der Waals surface area contributed by atoms with E-state index in [4.69, 9.17) is 9.47 Å². The van der Waals surface area contributed by atoms with Crippen LogP contribution < -0.4 is 14.4 Å². The van der Waals surface area contributed by atoms with Crippen LogP contribution in [0.4, 0.5) is 15.8 Å². The highest BCUT2D eigenvalue weighted by molar-refractivity contribution is 7.92. The Bertz CT molecular complexity index is 1560. The zero-order valence-electron chi connectivity index (χ0n) is 21.6. The first kappa shape index (κ1) is 28.3. The normalized spacial score (nSPS) is 10.9. The second-order valence-electron chi connectivity index (χ2n) is 8.54. The molecule has 4 rings (SSSR count). The molecule has 10 heteroatoms. The van der Waals surface area contributed by atoms with Crippen molar-refractivity contribution in [2.75, 3.05) is 22.8 Å². The van der Waals surface area contributed by atoms with Crippen molar-refractivity contribution < 1.29 is 31.9 Å². The zero-order valence-corrected chi connectivity index (χ0v) is 22.4. The Hall–Kier alpha value is -4.70. The molecule has 0 unspecified atom stereocenters. The predicted molar refractivity (Wildman–Crippen MR) is 150 cm³/mol. The molecular weight excluding hydrogens is 535 g/mol. The van der Waals surface area contributed by atoms with Gasteiger partial charge in [-0.05, 0) is 79.7 Å². The topological polar surface area (TPSA) is 102 Å². The molecule has 1 N–H and O–H groups in total. The van der Waals surface area contributed by atoms with E-state index in [0.717, 1.165) is 16.4 Å². The average Bonchev–Trinajstić information content (AvgIpc) is 2.94. The molecule has 0 radical (unpaired) electrons. The van der Waals surface area contributed by atoms with Gasteiger partial charge in [0.05, 0.1) is 22.8 Å². The minimum Gasteiger partial charge on any atom is -0.462 e. The summed E-state index contributed by atoms with van der Waals surface area (Å²) in [6.45, 7) is 1.75. The monoisotopic (exact) mass is 562 g/mol. The molecule has 0 aliphatic rings. The lowest BCUT2D eigenvalue weighted by Crippen LogP contribution is -2.34. The lowest BCUT2D eigenvalue weighted by atomic mass is 10.2. The first-order valence-corrected chi connectivity index (χ1v) is 13.9. The summed E-state index contributed by atoms with van der Waals surface area (Å²) in [5.74, 6) is -0.521. The van der Waals surface area contributed by atoms with Crippen LogP contribution in [0.2, 0.25) is 0 Å². The minimum absolute atomic E-state index is 0.127. The first-order chi connectivity index (χ1) is 19.3. The fourth-order valence-electron chi connectivity index (χ4n) is 3.78. The first-order valence-electron chi connectivity index (χ1n) is 12.4. The van der Waals surface area contributed by atoms with Crippen molar-refractivity contribution in [3.8, 4) is 11.5 Å². The van der Waals surface area contributed by atoms with Crippen molar-refractivity contribution >= 4 is 33.3 Å². The number of benzene rings is 4. The largest absolute Gasteiger partial charge is 0.462 e. The Kier molecular flexibility index (Phi) is 9.13. The number of halogens is 1. The number of carbonyl (C=O) groups excluding carboxylic acids is 2. The molecule has 206 valence electrons. The van der Waals surface area contributed by atoms with E-state index >= 15 is 0 Å². The fourth-order valence-corrected chi connectivity index (χ4v) is 5.24. The standard InChI is InChI=1S/C30H27FN2O6S/c1-2-38-30(35)22-11-15-24(16-12-22)32-29(34)19-20-33(40(36,37)28-17-13-23(31)14-18-28)25-7-6-10-27(21-25)39-26-8-4-3-5-9-26/h3-18,21H,2,19-20H2,1H3,(H,32,34). The number of para-hydroxylation sites is 1. The molecule has 4 aromatic carbocycles. The maximum absolute atomic E-state index is 13.6. The van der Waals surface area contributed by atoms with Gasteiger partial charge >= 0.3 is 5.97 Å². The van der Waals surface area contributed by atoms with Crippen LogP contribution >= 0.6 is 0 Å². The third-order valence-electron chi connectivity index (χ3n) is 5.71. The number of carbonyl (C=O) groups is 2. The van der Waals surface area contributed by atoms with Crippen molar-refractivity contribution in [2.24, 2.45) is 0 Å². The van der Waals surface area contributed by atoms with E-state index in [1.807, 2.05) is 18.2 Å². The van der Waals surface area contributed by atoms with Gasteiger partial charge in [0.15, 0.2) is 0 Å². The Balaban J connectivity index is 1.55. The van der Waals surface area contributed by atoms with E-state index in [1.165, 1.54) is 24.3 Å². The van der Waals surface area contributed by atoms with Gasteiger partial charge in [0.25, 0.3) is 10.0 Å². The van der Waals surface area contributed by atoms with E-state index in [-0.39, 0.29) is 30.2 Å². The Labute approximate surface area is 232 Å². The number of rotatable bonds is 11. The molecule has 0 aromatic heterocycles. The van der Waals surface area contributed by atoms with Crippen LogP contribution in [0.3, 0.4) is 0 Å². The predicted octanol–water partition coefficient (Wildman–Crippen LogP) is 6.02. The number of hydrogen-bond acceptors (Lipinski definition) is 6. The summed E-state index contributed by atoms with van der Waals surface area (Å²) < 4.78 is 52.7. The summed E-state index contributed by atoms with van der Waals surface area (Å²) in [6.07, 6.45) is -0.191. The molecule has 0 bridgehead atoms. The second kappa shape index (κ2) is 12.9. The maximum atomic E-state index is 13.6. The number of nitrogens with zero attached hydrogens (tertiary/aromatic N) is 1. The zero-order chi connectivity index (χ0) is 28.5. The van der Waals surface area contributed by atoms with Crippen molar-refractivity contribution in [3.63, 3.8) is 0 Å². The SMILES string of the molecule is CCOC(=O)c1ccc(NC(=O)CCN(c2cccc(Oc3ccccc3)c2)S(=O)(=O)c2ccc(F)cc2)cc1. The Morgan fingerprint density at radius 1 is 0.850 bits per heavy atom. The molecule has 4 aromatic rings. The van der Waals surface area contributed by atoms with Crippen LogP contribution in [-0.4, -0.2) is 33.4 Å². The highest BCUT2D eigenvalue weighted by atomic mass is 32.2. The third kappa shape index (κ3) is 7.23. The van der Waals surface area contributed by atoms with Crippen LogP contribution in [0.15, 0.2) is 108 Å². The summed E-state index contributed by atoms with van der Waals surface area (Å²) in [5.41, 5.74) is 1.04. The van der Waals surface area contributed by atoms with E-state index in [0.29, 0.717) is 22.7 Å². The van der Waals surface area contributed by atoms with Crippen LogP contribution in [0.5, 0.6) is 11.5 Å². The van der Waals surface area contributed by atoms with Gasteiger partial charge in [0.1, 0.15) is 17.3 Å². The van der Waals surface area contributed by atoms with E-state index in [9.17, 15) is 22.4 Å². The summed E-state index contributed by atoms with van der Waals surface area (Å²) in [4.78, 5) is 24.5. The van der Waals surface area contributed by atoms with Crippen molar-refractivity contribution in [1.29, 1.82) is 0 Å². The second-order valence-corrected chi connectivity index (χ2v) is 10.4. The quantitative estimate of drug-likeness (QED) is 0.224. The highest BCUT2D eigenvalue weighted by Crippen LogP contribution is 2.30. The van der Waals surface area contributed by atoms with Gasteiger partial charge in [-0.25, -0.2) is 17.6 Å². The number of amides is 1. The highest BCUT2D eigenvalue weighted by Gasteiger charge is 2.26. The van der Waals surface area contributed by atoms with Gasteiger partial charge in [0.2, 0.25) is 5.91 Å². The minimum atomic E-state index is -4.17. The third-order valence-corrected chi connectivity index (χ3v) is 7.55. The van der Waals surface area contributed by atoms with Gasteiger partial charge in [0, 0.05) is 24.7 Å². The van der Waals surface area contributed by atoms with Gasteiger partial charge < -0.3 is 14.8 Å². The number of sulfonamides is 1. The number of ether oxygens (including phenoxy) is 2. The molecule has 0 saturated carbocycles. The Morgan fingerprint density at radius 2 is 1.52 bits per heavy atom. The summed E-state index contributed by atoms with van der Waals surface area (Å²) >= 11 is 0. The van der Waals surface area contributed by atoms with Crippen molar-refractivity contribution in [3.05, 3.63) is 115 Å². The molecule has 0 aliphatic heterocycles. The molecule has 0 atom stereocenters. The number of hydrogen-bond donors (Lipinski definition) is 1. The molecule has 0 saturated heterocycles. The molecule has 0 spiro atoms. The summed E-state index contributed by atoms with van der Waals surface area (Å²) in [5, 5.41) is 2.70. The number of anilines is 2. The average molecular weight is 563 g/mol. The van der Waals surface area contributed by atoms with Crippen molar-refractivity contribution in [2.45, 2.75) is 18.2 Å². The lowest BCUT2D eigenvalue weighted by molar-refractivity contribution is -0.116. The van der Waals surface area contributed by atoms with Gasteiger partial charge in [-0.15, -0.1) is 0 Å². The molecule has 0 heterocycles.